The Labute approximate surface area is 138 Å². The molecule has 0 saturated heterocycles. The second kappa shape index (κ2) is 4.40. The van der Waals surface area contributed by atoms with Crippen molar-refractivity contribution in [3.8, 4) is 0 Å². The first-order chi connectivity index (χ1) is 11.4. The maximum atomic E-state index is 12.5. The van der Waals surface area contributed by atoms with Crippen LogP contribution in [0.4, 0.5) is 0 Å². The molecule has 7 nitrogen and oxygen atoms in total. The van der Waals surface area contributed by atoms with E-state index in [2.05, 4.69) is 0 Å². The molecule has 2 heterocycles. The topological polar surface area (TPSA) is 88.1 Å². The molecule has 0 aromatic rings. The van der Waals surface area contributed by atoms with Gasteiger partial charge in [0, 0.05) is 30.8 Å². The summed E-state index contributed by atoms with van der Waals surface area (Å²) in [5, 5.41) is 0. The molecule has 2 aliphatic heterocycles. The Morgan fingerprint density at radius 3 is 2.42 bits per heavy atom. The minimum absolute atomic E-state index is 0.000880. The van der Waals surface area contributed by atoms with Crippen LogP contribution < -0.4 is 0 Å². The quantitative estimate of drug-likeness (QED) is 0.421. The molecule has 0 N–H and O–H groups in total. The van der Waals surface area contributed by atoms with Crippen molar-refractivity contribution in [3.05, 3.63) is 24.0 Å². The average Bonchev–Trinajstić information content (AvgIpc) is 3.01. The second-order valence-electron chi connectivity index (χ2n) is 6.96. The molecule has 0 aromatic carbocycles. The number of hydrogen-bond donors (Lipinski definition) is 0. The zero-order valence-electron chi connectivity index (χ0n) is 13.7. The first kappa shape index (κ1) is 15.2. The summed E-state index contributed by atoms with van der Waals surface area (Å²) < 4.78 is 21.4. The average molecular weight is 334 g/mol. The third-order valence-electron chi connectivity index (χ3n) is 6.08. The predicted octanol–water partition coefficient (Wildman–Crippen LogP) is 0.883. The highest BCUT2D eigenvalue weighted by molar-refractivity contribution is 6.01. The number of carbonyl (C=O) groups is 3. The van der Waals surface area contributed by atoms with Crippen LogP contribution >= 0.6 is 0 Å². The van der Waals surface area contributed by atoms with Crippen molar-refractivity contribution in [2.75, 3.05) is 14.2 Å². The number of hydrogen-bond acceptors (Lipinski definition) is 7. The smallest absolute Gasteiger partial charge is 0.331 e. The zero-order chi connectivity index (χ0) is 17.3. The van der Waals surface area contributed by atoms with E-state index in [0.717, 1.165) is 5.57 Å². The lowest BCUT2D eigenvalue weighted by Gasteiger charge is -2.62. The van der Waals surface area contributed by atoms with E-state index in [1.165, 1.54) is 20.3 Å². The largest absolute Gasteiger partial charge is 0.490 e. The minimum Gasteiger partial charge on any atom is -0.490 e. The molecule has 4 rings (SSSR count). The Morgan fingerprint density at radius 2 is 1.79 bits per heavy atom. The van der Waals surface area contributed by atoms with Crippen LogP contribution in [0.3, 0.4) is 0 Å². The maximum Gasteiger partial charge on any atom is 0.331 e. The molecule has 2 fully saturated rings. The van der Waals surface area contributed by atoms with Gasteiger partial charge in [-0.2, -0.15) is 0 Å². The highest BCUT2D eigenvalue weighted by Crippen LogP contribution is 2.74. The lowest BCUT2D eigenvalue weighted by atomic mass is 9.49. The molecule has 2 spiro atoms. The fraction of sp³-hybridized carbons (Fsp3) is 0.588. The fourth-order valence-corrected chi connectivity index (χ4v) is 5.31. The first-order valence-corrected chi connectivity index (χ1v) is 7.79. The Balaban J connectivity index is 1.87. The van der Waals surface area contributed by atoms with Crippen molar-refractivity contribution in [2.45, 2.75) is 31.0 Å². The fourth-order valence-electron chi connectivity index (χ4n) is 5.31. The van der Waals surface area contributed by atoms with Crippen molar-refractivity contribution in [1.29, 1.82) is 0 Å². The van der Waals surface area contributed by atoms with Crippen molar-refractivity contribution in [1.82, 2.24) is 0 Å². The van der Waals surface area contributed by atoms with Gasteiger partial charge in [0.05, 0.1) is 20.5 Å². The number of methoxy groups -OCH3 is 2. The molecule has 4 aliphatic rings. The van der Waals surface area contributed by atoms with E-state index in [4.69, 9.17) is 18.9 Å². The lowest BCUT2D eigenvalue weighted by Crippen LogP contribution is -2.74. The van der Waals surface area contributed by atoms with Gasteiger partial charge in [0.25, 0.3) is 0 Å². The predicted molar refractivity (Wildman–Crippen MR) is 78.2 cm³/mol. The third kappa shape index (κ3) is 1.38. The van der Waals surface area contributed by atoms with Gasteiger partial charge >= 0.3 is 17.9 Å². The Kier molecular flexibility index (Phi) is 2.79. The van der Waals surface area contributed by atoms with E-state index in [1.807, 2.05) is 13.0 Å². The number of esters is 3. The third-order valence-corrected chi connectivity index (χ3v) is 6.08. The van der Waals surface area contributed by atoms with Crippen molar-refractivity contribution in [3.63, 3.8) is 0 Å². The van der Waals surface area contributed by atoms with Gasteiger partial charge in [-0.1, -0.05) is 5.57 Å². The molecular weight excluding hydrogens is 316 g/mol. The highest BCUT2D eigenvalue weighted by atomic mass is 16.6. The van der Waals surface area contributed by atoms with Gasteiger partial charge in [-0.3, -0.25) is 9.59 Å². The van der Waals surface area contributed by atoms with Gasteiger partial charge in [-0.25, -0.2) is 4.79 Å². The van der Waals surface area contributed by atoms with Gasteiger partial charge in [-0.05, 0) is 13.0 Å². The van der Waals surface area contributed by atoms with E-state index in [9.17, 15) is 14.4 Å². The zero-order valence-corrected chi connectivity index (χ0v) is 13.7. The minimum atomic E-state index is -1.54. The number of rotatable bonds is 2. The summed E-state index contributed by atoms with van der Waals surface area (Å²) in [6.07, 6.45) is 5.00. The SMILES string of the molecule is COC(=O)C1(C(=O)OC)CC23OC=CC2C2C(C)=CC(=O)OC23C1. The normalized spacial score (nSPS) is 40.1. The summed E-state index contributed by atoms with van der Waals surface area (Å²) in [4.78, 5) is 37.1. The highest BCUT2D eigenvalue weighted by Gasteiger charge is 2.86. The standard InChI is InChI=1S/C17H18O7/c1-9-6-11(18)24-17-8-15(13(19)21-2,14(20)22-3)7-16(17)10(12(9)17)4-5-23-16/h4-6,10,12H,7-8H2,1-3H3. The molecular formula is C17H18O7. The summed E-state index contributed by atoms with van der Waals surface area (Å²) in [5.41, 5.74) is -2.65. The summed E-state index contributed by atoms with van der Waals surface area (Å²) in [6.45, 7) is 1.86. The van der Waals surface area contributed by atoms with Gasteiger partial charge in [-0.15, -0.1) is 0 Å². The van der Waals surface area contributed by atoms with Crippen LogP contribution in [0.1, 0.15) is 19.8 Å². The second-order valence-corrected chi connectivity index (χ2v) is 6.96. The van der Waals surface area contributed by atoms with Gasteiger partial charge in [0.1, 0.15) is 0 Å². The number of ether oxygens (including phenoxy) is 4. The Morgan fingerprint density at radius 1 is 1.17 bits per heavy atom. The molecule has 4 unspecified atom stereocenters. The summed E-state index contributed by atoms with van der Waals surface area (Å²) in [6, 6.07) is 0. The van der Waals surface area contributed by atoms with Crippen LogP contribution in [0.5, 0.6) is 0 Å². The molecule has 0 radical (unpaired) electrons. The van der Waals surface area contributed by atoms with Crippen LogP contribution in [0.15, 0.2) is 24.0 Å². The number of fused-ring (bicyclic) bond motifs is 1. The molecule has 24 heavy (non-hydrogen) atoms. The van der Waals surface area contributed by atoms with Gasteiger partial charge in [0.2, 0.25) is 0 Å². The number of carbonyl (C=O) groups excluding carboxylic acids is 3. The van der Waals surface area contributed by atoms with Crippen LogP contribution in [0.2, 0.25) is 0 Å². The molecule has 2 saturated carbocycles. The van der Waals surface area contributed by atoms with E-state index in [1.54, 1.807) is 6.26 Å². The van der Waals surface area contributed by atoms with Gasteiger partial charge in [0.15, 0.2) is 16.6 Å². The van der Waals surface area contributed by atoms with Crippen molar-refractivity contribution >= 4 is 17.9 Å². The van der Waals surface area contributed by atoms with Crippen molar-refractivity contribution < 1.29 is 33.3 Å². The Bertz CT molecular complexity index is 704. The lowest BCUT2D eigenvalue weighted by molar-refractivity contribution is -0.266. The van der Waals surface area contributed by atoms with Crippen LogP contribution in [-0.4, -0.2) is 43.3 Å². The molecule has 0 aromatic heterocycles. The summed E-state index contributed by atoms with van der Waals surface area (Å²) in [7, 11) is 2.45. The van der Waals surface area contributed by atoms with Gasteiger partial charge < -0.3 is 18.9 Å². The summed E-state index contributed by atoms with van der Waals surface area (Å²) in [5.74, 6) is -2.04. The van der Waals surface area contributed by atoms with Crippen LogP contribution in [-0.2, 0) is 33.3 Å². The van der Waals surface area contributed by atoms with Crippen molar-refractivity contribution in [2.24, 2.45) is 17.3 Å². The van der Waals surface area contributed by atoms with E-state index < -0.39 is 34.5 Å². The molecule has 0 amide bonds. The monoisotopic (exact) mass is 334 g/mol. The molecule has 4 atom stereocenters. The van der Waals surface area contributed by atoms with E-state index in [0.29, 0.717) is 0 Å². The molecule has 2 aliphatic carbocycles. The van der Waals surface area contributed by atoms with Crippen LogP contribution in [0.25, 0.3) is 0 Å². The molecule has 0 bridgehead atoms. The van der Waals surface area contributed by atoms with E-state index in [-0.39, 0.29) is 24.7 Å². The first-order valence-electron chi connectivity index (χ1n) is 7.79. The summed E-state index contributed by atoms with van der Waals surface area (Å²) >= 11 is 0. The van der Waals surface area contributed by atoms with E-state index >= 15 is 0 Å². The Hall–Kier alpha value is -2.31. The molecule has 7 heteroatoms. The van der Waals surface area contributed by atoms with Crippen LogP contribution in [0, 0.1) is 17.3 Å². The maximum absolute atomic E-state index is 12.5. The molecule has 128 valence electrons.